The molecule has 2 heterocycles. The maximum absolute atomic E-state index is 13.4. The van der Waals surface area contributed by atoms with E-state index < -0.39 is 18.2 Å². The van der Waals surface area contributed by atoms with Crippen LogP contribution in [0.2, 0.25) is 0 Å². The number of esters is 2. The van der Waals surface area contributed by atoms with Crippen molar-refractivity contribution in [2.75, 3.05) is 14.2 Å². The summed E-state index contributed by atoms with van der Waals surface area (Å²) in [6.45, 7) is 0. The Morgan fingerprint density at radius 3 is 2.30 bits per heavy atom. The number of ether oxygens (including phenoxy) is 4. The number of carbonyl (C=O) groups is 2. The van der Waals surface area contributed by atoms with Gasteiger partial charge < -0.3 is 18.9 Å². The Kier molecular flexibility index (Phi) is 4.61. The largest absolute Gasteiger partial charge is 0.586 e. The molecule has 2 aromatic carbocycles. The van der Waals surface area contributed by atoms with Crippen LogP contribution in [-0.2, 0) is 9.47 Å². The molecule has 0 radical (unpaired) electrons. The Hall–Kier alpha value is -3.95. The van der Waals surface area contributed by atoms with Crippen LogP contribution in [0.15, 0.2) is 48.5 Å². The second-order valence-corrected chi connectivity index (χ2v) is 6.13. The Bertz CT molecular complexity index is 1140. The molecule has 0 unspecified atom stereocenters. The lowest BCUT2D eigenvalue weighted by Gasteiger charge is -2.07. The zero-order valence-electron chi connectivity index (χ0n) is 15.7. The molecule has 0 aliphatic carbocycles. The zero-order chi connectivity index (χ0) is 21.5. The fourth-order valence-corrected chi connectivity index (χ4v) is 3.05. The minimum absolute atomic E-state index is 0.0210. The van der Waals surface area contributed by atoms with Crippen molar-refractivity contribution in [2.24, 2.45) is 0 Å². The predicted octanol–water partition coefficient (Wildman–Crippen LogP) is 3.43. The molecule has 30 heavy (non-hydrogen) atoms. The molecule has 1 aliphatic heterocycles. The molecule has 0 amide bonds. The van der Waals surface area contributed by atoms with Gasteiger partial charge in [-0.15, -0.1) is 8.78 Å². The van der Waals surface area contributed by atoms with Crippen molar-refractivity contribution in [3.05, 3.63) is 59.8 Å². The summed E-state index contributed by atoms with van der Waals surface area (Å²) < 4.78 is 46.5. The molecule has 154 valence electrons. The molecule has 0 saturated carbocycles. The first kappa shape index (κ1) is 19.4. The van der Waals surface area contributed by atoms with Crippen molar-refractivity contribution in [3.8, 4) is 28.4 Å². The molecule has 4 rings (SSSR count). The summed E-state index contributed by atoms with van der Waals surface area (Å²) in [5.41, 5.74) is 0.372. The van der Waals surface area contributed by atoms with Crippen LogP contribution in [0.3, 0.4) is 0 Å². The number of hydrogen-bond acceptors (Lipinski definition) is 7. The standard InChI is InChI=1S/C20H14F2N2O6/c1-27-18(25)15-16(11-8-9-13-14(10-11)30-20(21,22)29-13)23-24(17(15)19(26)28-2)12-6-4-3-5-7-12/h3-10H,1-2H3. The van der Waals surface area contributed by atoms with Crippen LogP contribution in [0.25, 0.3) is 16.9 Å². The van der Waals surface area contributed by atoms with Gasteiger partial charge in [0.05, 0.1) is 19.9 Å². The van der Waals surface area contributed by atoms with Gasteiger partial charge in [0, 0.05) is 5.56 Å². The van der Waals surface area contributed by atoms with E-state index in [1.165, 1.54) is 22.9 Å². The molecule has 0 spiro atoms. The fourth-order valence-electron chi connectivity index (χ4n) is 3.05. The van der Waals surface area contributed by atoms with Gasteiger partial charge >= 0.3 is 18.2 Å². The Morgan fingerprint density at radius 2 is 1.63 bits per heavy atom. The quantitative estimate of drug-likeness (QED) is 0.602. The summed E-state index contributed by atoms with van der Waals surface area (Å²) in [7, 11) is 2.31. The van der Waals surface area contributed by atoms with Gasteiger partial charge in [-0.2, -0.15) is 5.10 Å². The number of benzene rings is 2. The van der Waals surface area contributed by atoms with Crippen LogP contribution in [0.4, 0.5) is 8.78 Å². The molecule has 0 saturated heterocycles. The summed E-state index contributed by atoms with van der Waals surface area (Å²) in [6.07, 6.45) is -3.80. The van der Waals surface area contributed by atoms with Crippen LogP contribution in [-0.4, -0.2) is 42.2 Å². The number of alkyl halides is 2. The molecule has 10 heteroatoms. The Morgan fingerprint density at radius 1 is 0.967 bits per heavy atom. The normalized spacial score (nSPS) is 13.7. The highest BCUT2D eigenvalue weighted by molar-refractivity contribution is 6.06. The van der Waals surface area contributed by atoms with Gasteiger partial charge in [0.25, 0.3) is 0 Å². The van der Waals surface area contributed by atoms with Gasteiger partial charge in [0.15, 0.2) is 17.2 Å². The molecule has 0 fully saturated rings. The number of hydrogen-bond donors (Lipinski definition) is 0. The third-order valence-electron chi connectivity index (χ3n) is 4.33. The summed E-state index contributed by atoms with van der Waals surface area (Å²) in [5.74, 6) is -2.08. The number of fused-ring (bicyclic) bond motifs is 1. The number of halogens is 2. The van der Waals surface area contributed by atoms with E-state index in [-0.39, 0.29) is 34.0 Å². The molecular weight excluding hydrogens is 402 g/mol. The lowest BCUT2D eigenvalue weighted by Crippen LogP contribution is -2.25. The van der Waals surface area contributed by atoms with Gasteiger partial charge in [-0.3, -0.25) is 0 Å². The van der Waals surface area contributed by atoms with E-state index in [1.807, 2.05) is 0 Å². The van der Waals surface area contributed by atoms with Crippen LogP contribution < -0.4 is 9.47 Å². The number of rotatable bonds is 4. The first-order valence-electron chi connectivity index (χ1n) is 8.60. The third-order valence-corrected chi connectivity index (χ3v) is 4.33. The average Bonchev–Trinajstić information content (AvgIpc) is 3.29. The summed E-state index contributed by atoms with van der Waals surface area (Å²) in [4.78, 5) is 25.1. The lowest BCUT2D eigenvalue weighted by molar-refractivity contribution is -0.286. The first-order chi connectivity index (χ1) is 14.3. The van der Waals surface area contributed by atoms with Crippen molar-refractivity contribution >= 4 is 11.9 Å². The van der Waals surface area contributed by atoms with Crippen molar-refractivity contribution in [2.45, 2.75) is 6.29 Å². The SMILES string of the molecule is COC(=O)c1c(-c2ccc3c(c2)OC(F)(F)O3)nn(-c2ccccc2)c1C(=O)OC. The van der Waals surface area contributed by atoms with E-state index in [1.54, 1.807) is 30.3 Å². The molecule has 1 aliphatic rings. The highest BCUT2D eigenvalue weighted by Gasteiger charge is 2.43. The monoisotopic (exact) mass is 416 g/mol. The molecule has 0 bridgehead atoms. The molecule has 1 aromatic heterocycles. The van der Waals surface area contributed by atoms with Crippen molar-refractivity contribution in [1.29, 1.82) is 0 Å². The summed E-state index contributed by atoms with van der Waals surface area (Å²) in [6, 6.07) is 12.5. The van der Waals surface area contributed by atoms with Gasteiger partial charge in [-0.05, 0) is 30.3 Å². The second-order valence-electron chi connectivity index (χ2n) is 6.13. The summed E-state index contributed by atoms with van der Waals surface area (Å²) in [5, 5.41) is 4.38. The average molecular weight is 416 g/mol. The van der Waals surface area contributed by atoms with Gasteiger partial charge in [-0.25, -0.2) is 14.3 Å². The van der Waals surface area contributed by atoms with Crippen LogP contribution in [0.1, 0.15) is 20.8 Å². The smallest absolute Gasteiger partial charge is 0.465 e. The molecule has 3 aromatic rings. The van der Waals surface area contributed by atoms with Gasteiger partial charge in [0.1, 0.15) is 11.3 Å². The second kappa shape index (κ2) is 7.14. The molecule has 0 atom stereocenters. The highest BCUT2D eigenvalue weighted by Crippen LogP contribution is 2.43. The van der Waals surface area contributed by atoms with Gasteiger partial charge in [0.2, 0.25) is 0 Å². The minimum Gasteiger partial charge on any atom is -0.465 e. The lowest BCUT2D eigenvalue weighted by atomic mass is 10.0. The Balaban J connectivity index is 1.96. The van der Waals surface area contributed by atoms with Crippen LogP contribution in [0.5, 0.6) is 11.5 Å². The van der Waals surface area contributed by atoms with Gasteiger partial charge in [-0.1, -0.05) is 18.2 Å². The van der Waals surface area contributed by atoms with E-state index in [0.717, 1.165) is 14.2 Å². The van der Waals surface area contributed by atoms with E-state index in [9.17, 15) is 18.4 Å². The highest BCUT2D eigenvalue weighted by atomic mass is 19.3. The van der Waals surface area contributed by atoms with Crippen LogP contribution >= 0.6 is 0 Å². The topological polar surface area (TPSA) is 88.9 Å². The van der Waals surface area contributed by atoms with Crippen molar-refractivity contribution in [1.82, 2.24) is 9.78 Å². The number of para-hydroxylation sites is 1. The molecule has 0 N–H and O–H groups in total. The zero-order valence-corrected chi connectivity index (χ0v) is 15.7. The molecular formula is C20H14F2N2O6. The van der Waals surface area contributed by atoms with E-state index >= 15 is 0 Å². The van der Waals surface area contributed by atoms with E-state index in [2.05, 4.69) is 14.6 Å². The number of methoxy groups -OCH3 is 2. The maximum atomic E-state index is 13.4. The first-order valence-corrected chi connectivity index (χ1v) is 8.60. The van der Waals surface area contributed by atoms with Crippen molar-refractivity contribution in [3.63, 3.8) is 0 Å². The number of nitrogens with zero attached hydrogens (tertiary/aromatic N) is 2. The number of carbonyl (C=O) groups excluding carboxylic acids is 2. The molecule has 8 nitrogen and oxygen atoms in total. The van der Waals surface area contributed by atoms with E-state index in [4.69, 9.17) is 9.47 Å². The predicted molar refractivity (Wildman–Crippen MR) is 97.9 cm³/mol. The maximum Gasteiger partial charge on any atom is 0.586 e. The third kappa shape index (κ3) is 3.21. The number of aromatic nitrogens is 2. The fraction of sp³-hybridized carbons (Fsp3) is 0.150. The minimum atomic E-state index is -3.80. The van der Waals surface area contributed by atoms with E-state index in [0.29, 0.717) is 5.69 Å². The summed E-state index contributed by atoms with van der Waals surface area (Å²) >= 11 is 0. The van der Waals surface area contributed by atoms with Crippen LogP contribution in [0, 0.1) is 0 Å². The Labute approximate surface area is 168 Å². The van der Waals surface area contributed by atoms with Crippen molar-refractivity contribution < 1.29 is 37.3 Å².